The van der Waals surface area contributed by atoms with Crippen LogP contribution >= 0.6 is 0 Å². The third kappa shape index (κ3) is 7.44. The van der Waals surface area contributed by atoms with Crippen LogP contribution in [-0.4, -0.2) is 73.3 Å². The van der Waals surface area contributed by atoms with Gasteiger partial charge in [0.1, 0.15) is 35.4 Å². The molecule has 0 radical (unpaired) electrons. The van der Waals surface area contributed by atoms with Gasteiger partial charge in [-0.1, -0.05) is 30.3 Å². The van der Waals surface area contributed by atoms with E-state index in [1.807, 2.05) is 76.7 Å². The minimum Gasteiger partial charge on any atom is -0.492 e. The van der Waals surface area contributed by atoms with Gasteiger partial charge in [-0.05, 0) is 71.9 Å². The molecule has 2 atom stereocenters. The second-order valence-electron chi connectivity index (χ2n) is 9.38. The highest BCUT2D eigenvalue weighted by Crippen LogP contribution is 2.26. The lowest BCUT2D eigenvalue weighted by Crippen LogP contribution is -2.46. The first-order valence-corrected chi connectivity index (χ1v) is 12.0. The summed E-state index contributed by atoms with van der Waals surface area (Å²) in [4.78, 5) is 35.0. The summed E-state index contributed by atoms with van der Waals surface area (Å²) < 4.78 is 12.1. The first-order valence-electron chi connectivity index (χ1n) is 12.0. The van der Waals surface area contributed by atoms with E-state index in [-0.39, 0.29) is 28.3 Å². The minimum absolute atomic E-state index is 0.144. The fraction of sp³-hybridized carbons (Fsp3) is 0.357. The van der Waals surface area contributed by atoms with E-state index in [0.717, 1.165) is 5.56 Å². The maximum Gasteiger partial charge on any atom is 0.272 e. The molecule has 2 unspecified atom stereocenters. The molecule has 3 aromatic rings. The molecule has 0 aliphatic heterocycles. The maximum absolute atomic E-state index is 12.8. The van der Waals surface area contributed by atoms with E-state index in [4.69, 9.17) is 9.47 Å². The predicted molar refractivity (Wildman–Crippen MR) is 144 cm³/mol. The Balaban J connectivity index is 1.99. The Bertz CT molecular complexity index is 1380. The zero-order chi connectivity index (χ0) is 26.2. The maximum atomic E-state index is 12.8. The van der Waals surface area contributed by atoms with E-state index >= 15 is 0 Å². The summed E-state index contributed by atoms with van der Waals surface area (Å²) in [6.07, 6.45) is 3.26. The zero-order valence-corrected chi connectivity index (χ0v) is 21.9. The van der Waals surface area contributed by atoms with Crippen LogP contribution in [0.3, 0.4) is 0 Å². The molecule has 2 aromatic carbocycles. The fourth-order valence-electron chi connectivity index (χ4n) is 3.14. The lowest BCUT2D eigenvalue weighted by molar-refractivity contribution is 0.191. The third-order valence-electron chi connectivity index (χ3n) is 6.12. The minimum atomic E-state index is -0.399. The van der Waals surface area contributed by atoms with Crippen molar-refractivity contribution in [2.75, 3.05) is 41.4 Å². The molecule has 8 heteroatoms. The van der Waals surface area contributed by atoms with Gasteiger partial charge in [-0.2, -0.15) is 0 Å². The molecule has 0 saturated heterocycles. The molecule has 36 heavy (non-hydrogen) atoms. The lowest BCUT2D eigenvalue weighted by Gasteiger charge is -2.22. The van der Waals surface area contributed by atoms with Gasteiger partial charge in [0.2, 0.25) is 0 Å². The van der Waals surface area contributed by atoms with Crippen molar-refractivity contribution in [2.45, 2.75) is 25.9 Å². The molecule has 2 N–H and O–H groups in total. The highest BCUT2D eigenvalue weighted by Gasteiger charge is 2.11. The smallest absolute Gasteiger partial charge is 0.272 e. The molecular weight excluding hydrogens is 456 g/mol. The molecule has 0 aliphatic rings. The van der Waals surface area contributed by atoms with Gasteiger partial charge in [-0.15, -0.1) is 0 Å². The Morgan fingerprint density at radius 2 is 1.33 bits per heavy atom. The fourth-order valence-corrected chi connectivity index (χ4v) is 3.14. The summed E-state index contributed by atoms with van der Waals surface area (Å²) in [5, 5.41) is 0.337. The van der Waals surface area contributed by atoms with Crippen molar-refractivity contribution < 1.29 is 9.47 Å². The zero-order valence-electron chi connectivity index (χ0n) is 21.9. The Labute approximate surface area is 211 Å². The van der Waals surface area contributed by atoms with Gasteiger partial charge in [0.15, 0.2) is 0 Å². The molecule has 0 spiro atoms. The molecule has 3 rings (SSSR count). The number of hydrogen-bond acceptors (Lipinski definition) is 6. The molecule has 8 nitrogen and oxygen atoms in total. The van der Waals surface area contributed by atoms with Crippen LogP contribution in [0.5, 0.6) is 11.5 Å². The molecule has 192 valence electrons. The third-order valence-corrected chi connectivity index (χ3v) is 6.12. The van der Waals surface area contributed by atoms with Crippen molar-refractivity contribution in [3.05, 3.63) is 91.1 Å². The molecule has 1 heterocycles. The SMILES string of the molecule is CC(COc1ccc(/C=c2\[nH]c(=O)/c(=C/c3ccccc3)[nH]c2=O)c(OCC(C)N(C)C)c1)N(C)C. The Morgan fingerprint density at radius 3 is 1.92 bits per heavy atom. The number of benzene rings is 2. The second-order valence-corrected chi connectivity index (χ2v) is 9.38. The highest BCUT2D eigenvalue weighted by molar-refractivity contribution is 5.58. The molecule has 0 saturated carbocycles. The first kappa shape index (κ1) is 27.0. The summed E-state index contributed by atoms with van der Waals surface area (Å²) in [7, 11) is 7.98. The van der Waals surface area contributed by atoms with Crippen LogP contribution in [0.2, 0.25) is 0 Å². The van der Waals surface area contributed by atoms with Crippen LogP contribution in [0.4, 0.5) is 0 Å². The number of nitrogens with zero attached hydrogens (tertiary/aromatic N) is 2. The van der Waals surface area contributed by atoms with Crippen LogP contribution in [-0.2, 0) is 0 Å². The number of hydrogen-bond donors (Lipinski definition) is 2. The average molecular weight is 493 g/mol. The van der Waals surface area contributed by atoms with Crippen LogP contribution in [0, 0.1) is 0 Å². The van der Waals surface area contributed by atoms with E-state index in [2.05, 4.69) is 33.6 Å². The van der Waals surface area contributed by atoms with E-state index in [1.54, 1.807) is 12.2 Å². The van der Waals surface area contributed by atoms with Gasteiger partial charge < -0.3 is 29.2 Å². The molecule has 0 bridgehead atoms. The number of likely N-dealkylation sites (N-methyl/N-ethyl adjacent to an activating group) is 2. The molecule has 0 amide bonds. The van der Waals surface area contributed by atoms with Gasteiger partial charge in [-0.3, -0.25) is 9.59 Å². The number of rotatable bonds is 10. The summed E-state index contributed by atoms with van der Waals surface area (Å²) in [5.41, 5.74) is 0.700. The van der Waals surface area contributed by atoms with Crippen LogP contribution in [0.1, 0.15) is 25.0 Å². The summed E-state index contributed by atoms with van der Waals surface area (Å²) >= 11 is 0. The van der Waals surface area contributed by atoms with Gasteiger partial charge in [0, 0.05) is 23.7 Å². The summed E-state index contributed by atoms with van der Waals surface area (Å²) in [5.74, 6) is 1.24. The van der Waals surface area contributed by atoms with Crippen molar-refractivity contribution in [3.8, 4) is 11.5 Å². The monoisotopic (exact) mass is 492 g/mol. The number of aromatic nitrogens is 2. The highest BCUT2D eigenvalue weighted by atomic mass is 16.5. The predicted octanol–water partition coefficient (Wildman–Crippen LogP) is 1.38. The van der Waals surface area contributed by atoms with E-state index in [1.165, 1.54) is 0 Å². The lowest BCUT2D eigenvalue weighted by atomic mass is 10.1. The number of H-pyrrole nitrogens is 2. The van der Waals surface area contributed by atoms with Crippen molar-refractivity contribution in [1.82, 2.24) is 19.8 Å². The normalized spacial score (nSPS) is 14.3. The van der Waals surface area contributed by atoms with Gasteiger partial charge in [0.25, 0.3) is 11.1 Å². The number of aromatic amines is 2. The van der Waals surface area contributed by atoms with Crippen molar-refractivity contribution >= 4 is 12.2 Å². The quantitative estimate of drug-likeness (QED) is 0.445. The van der Waals surface area contributed by atoms with Crippen LogP contribution < -0.4 is 31.3 Å². The van der Waals surface area contributed by atoms with Crippen LogP contribution in [0.15, 0.2) is 58.1 Å². The molecule has 0 fully saturated rings. The molecular formula is C28H36N4O4. The van der Waals surface area contributed by atoms with Crippen molar-refractivity contribution in [2.24, 2.45) is 0 Å². The second kappa shape index (κ2) is 12.4. The largest absolute Gasteiger partial charge is 0.492 e. The van der Waals surface area contributed by atoms with E-state index in [9.17, 15) is 9.59 Å². The van der Waals surface area contributed by atoms with Crippen molar-refractivity contribution in [1.29, 1.82) is 0 Å². The van der Waals surface area contributed by atoms with Gasteiger partial charge in [0.05, 0.1) is 0 Å². The topological polar surface area (TPSA) is 90.7 Å². The van der Waals surface area contributed by atoms with Gasteiger partial charge in [-0.25, -0.2) is 0 Å². The average Bonchev–Trinajstić information content (AvgIpc) is 2.85. The Kier molecular flexibility index (Phi) is 9.27. The van der Waals surface area contributed by atoms with Crippen molar-refractivity contribution in [3.63, 3.8) is 0 Å². The first-order chi connectivity index (χ1) is 17.1. The Hall–Kier alpha value is -3.62. The molecule has 1 aromatic heterocycles. The Morgan fingerprint density at radius 1 is 0.778 bits per heavy atom. The summed E-state index contributed by atoms with van der Waals surface area (Å²) in [6, 6.07) is 15.2. The van der Waals surface area contributed by atoms with Gasteiger partial charge >= 0.3 is 0 Å². The summed E-state index contributed by atoms with van der Waals surface area (Å²) in [6.45, 7) is 5.12. The number of nitrogens with one attached hydrogen (secondary N) is 2. The number of ether oxygens (including phenoxy) is 2. The molecule has 0 aliphatic carbocycles. The van der Waals surface area contributed by atoms with E-state index < -0.39 is 5.56 Å². The van der Waals surface area contributed by atoms with Crippen LogP contribution in [0.25, 0.3) is 12.2 Å². The van der Waals surface area contributed by atoms with E-state index in [0.29, 0.717) is 30.3 Å². The standard InChI is InChI=1S/C28H36N4O4/c1-19(31(3)4)17-35-23-13-12-22(26(16-23)36-18-20(2)32(5)6)15-25-28(34)29-24(27(33)30-25)14-21-10-8-7-9-11-21/h7-16,19-20H,17-18H2,1-6H3,(H,29,34)(H,30,33)/b24-14-,25-15-.